The molecular weight excluding hydrogens is 472 g/mol. The normalized spacial score (nSPS) is 37.8. The molecule has 0 aliphatic carbocycles. The molecule has 2 fully saturated rings. The number of aliphatic hydroxyl groups is 6. The van der Waals surface area contributed by atoms with Crippen molar-refractivity contribution in [3.8, 4) is 0 Å². The number of carbonyl (C=O) groups is 1. The summed E-state index contributed by atoms with van der Waals surface area (Å²) in [6, 6.07) is 0. The summed E-state index contributed by atoms with van der Waals surface area (Å²) in [6.45, 7) is -1.19. The van der Waals surface area contributed by atoms with E-state index in [4.69, 9.17) is 18.9 Å². The molecule has 10 atom stereocenters. The summed E-state index contributed by atoms with van der Waals surface area (Å²) >= 11 is 0. The molecule has 2 saturated heterocycles. The van der Waals surface area contributed by atoms with E-state index >= 15 is 0 Å². The molecule has 0 spiro atoms. The van der Waals surface area contributed by atoms with Gasteiger partial charge in [0.15, 0.2) is 6.29 Å². The summed E-state index contributed by atoms with van der Waals surface area (Å²) in [7, 11) is 1.36. The summed E-state index contributed by atoms with van der Waals surface area (Å²) in [5, 5.41) is 72.1. The molecule has 13 nitrogen and oxygen atoms in total. The van der Waals surface area contributed by atoms with Crippen molar-refractivity contribution < 1.29 is 64.2 Å². The van der Waals surface area contributed by atoms with Crippen molar-refractivity contribution in [3.63, 3.8) is 0 Å². The molecule has 2 heterocycles. The molecule has 13 heteroatoms. The SMILES string of the molecule is COC(=O)CCCCCCCCO[C@@H]1C([O-])O[C@H](CO)[C@@H](O)[C@@H]1OC1O[C@H](CO)[C@@H](O)[C@H](O)[C@H]1O. The van der Waals surface area contributed by atoms with E-state index in [1.165, 1.54) is 7.11 Å². The van der Waals surface area contributed by atoms with Gasteiger partial charge in [0.2, 0.25) is 0 Å². The van der Waals surface area contributed by atoms with Gasteiger partial charge < -0.3 is 59.4 Å². The van der Waals surface area contributed by atoms with Crippen LogP contribution in [0.3, 0.4) is 0 Å². The number of ether oxygens (including phenoxy) is 5. The molecule has 35 heavy (non-hydrogen) atoms. The van der Waals surface area contributed by atoms with Gasteiger partial charge in [-0.25, -0.2) is 0 Å². The molecule has 0 aromatic rings. The minimum absolute atomic E-state index is 0.153. The number of hydrogen-bond acceptors (Lipinski definition) is 13. The fourth-order valence-electron chi connectivity index (χ4n) is 4.11. The number of methoxy groups -OCH3 is 1. The second-order valence-electron chi connectivity index (χ2n) is 8.80. The van der Waals surface area contributed by atoms with E-state index in [-0.39, 0.29) is 12.6 Å². The predicted octanol–water partition coefficient (Wildman–Crippen LogP) is -3.10. The smallest absolute Gasteiger partial charge is 0.305 e. The molecule has 206 valence electrons. The first-order valence-corrected chi connectivity index (χ1v) is 12.0. The minimum atomic E-state index is -1.82. The van der Waals surface area contributed by atoms with Crippen LogP contribution in [0.2, 0.25) is 0 Å². The zero-order valence-corrected chi connectivity index (χ0v) is 19.9. The molecule has 0 aromatic heterocycles. The molecule has 0 amide bonds. The van der Waals surface area contributed by atoms with Gasteiger partial charge in [-0.15, -0.1) is 0 Å². The predicted molar refractivity (Wildman–Crippen MR) is 114 cm³/mol. The van der Waals surface area contributed by atoms with E-state index in [9.17, 15) is 40.5 Å². The largest absolute Gasteiger partial charge is 0.829 e. The van der Waals surface area contributed by atoms with E-state index in [1.54, 1.807) is 0 Å². The Morgan fingerprint density at radius 1 is 0.800 bits per heavy atom. The molecular formula is C22H39O13-. The van der Waals surface area contributed by atoms with Crippen LogP contribution in [0, 0.1) is 0 Å². The Morgan fingerprint density at radius 3 is 2.03 bits per heavy atom. The van der Waals surface area contributed by atoms with Crippen LogP contribution in [0.15, 0.2) is 0 Å². The van der Waals surface area contributed by atoms with Gasteiger partial charge >= 0.3 is 5.97 Å². The van der Waals surface area contributed by atoms with E-state index in [1.807, 2.05) is 0 Å². The van der Waals surface area contributed by atoms with Crippen molar-refractivity contribution in [2.24, 2.45) is 0 Å². The van der Waals surface area contributed by atoms with Crippen LogP contribution in [0.1, 0.15) is 44.9 Å². The van der Waals surface area contributed by atoms with E-state index in [0.29, 0.717) is 12.8 Å². The molecule has 0 saturated carbocycles. The van der Waals surface area contributed by atoms with Crippen molar-refractivity contribution in [1.82, 2.24) is 0 Å². The zero-order chi connectivity index (χ0) is 26.0. The summed E-state index contributed by atoms with van der Waals surface area (Å²) in [5.74, 6) is -0.230. The van der Waals surface area contributed by atoms with Crippen LogP contribution >= 0.6 is 0 Å². The van der Waals surface area contributed by atoms with Crippen LogP contribution in [-0.4, -0.2) is 125 Å². The summed E-state index contributed by atoms with van der Waals surface area (Å²) in [6.07, 6.45) is -9.92. The Kier molecular flexibility index (Phi) is 13.2. The van der Waals surface area contributed by atoms with Crippen molar-refractivity contribution in [1.29, 1.82) is 0 Å². The maximum atomic E-state index is 12.6. The standard InChI is InChI=1S/C22H39O13/c1-31-14(25)8-6-4-2-3-5-7-9-32-20-19(16(27)13(11-24)33-21(20)30)35-22-18(29)17(28)15(26)12(10-23)34-22/h12-13,15-24,26-29H,2-11H2,1H3/q-1/t12-,13-,15-,16-,17+,18-,19+,20+,21?,22?/m1/s1. The Bertz CT molecular complexity index is 606. The summed E-state index contributed by atoms with van der Waals surface area (Å²) < 4.78 is 26.3. The molecule has 2 aliphatic rings. The van der Waals surface area contributed by atoms with Gasteiger partial charge in [-0.3, -0.25) is 4.79 Å². The van der Waals surface area contributed by atoms with Crippen molar-refractivity contribution in [2.45, 2.75) is 106 Å². The topological polar surface area (TPSA) is 208 Å². The fraction of sp³-hybridized carbons (Fsp3) is 0.955. The quantitative estimate of drug-likeness (QED) is 0.101. The fourth-order valence-corrected chi connectivity index (χ4v) is 4.11. The highest BCUT2D eigenvalue weighted by atomic mass is 16.7. The van der Waals surface area contributed by atoms with Crippen LogP contribution in [0.25, 0.3) is 0 Å². The first kappa shape index (κ1) is 30.3. The first-order chi connectivity index (χ1) is 16.7. The van der Waals surface area contributed by atoms with Crippen molar-refractivity contribution in [3.05, 3.63) is 0 Å². The highest BCUT2D eigenvalue weighted by molar-refractivity contribution is 5.68. The van der Waals surface area contributed by atoms with Gasteiger partial charge in [-0.1, -0.05) is 25.7 Å². The first-order valence-electron chi connectivity index (χ1n) is 12.0. The Labute approximate surface area is 204 Å². The third-order valence-electron chi connectivity index (χ3n) is 6.25. The van der Waals surface area contributed by atoms with Crippen LogP contribution in [0.5, 0.6) is 0 Å². The summed E-state index contributed by atoms with van der Waals surface area (Å²) in [4.78, 5) is 11.1. The highest BCUT2D eigenvalue weighted by Crippen LogP contribution is 2.29. The van der Waals surface area contributed by atoms with Crippen molar-refractivity contribution in [2.75, 3.05) is 26.9 Å². The molecule has 2 aliphatic heterocycles. The molecule has 0 radical (unpaired) electrons. The van der Waals surface area contributed by atoms with Gasteiger partial charge in [0.05, 0.1) is 26.4 Å². The maximum Gasteiger partial charge on any atom is 0.305 e. The Hall–Kier alpha value is -0.970. The summed E-state index contributed by atoms with van der Waals surface area (Å²) in [5.41, 5.74) is 0. The second kappa shape index (κ2) is 15.3. The molecule has 6 N–H and O–H groups in total. The number of rotatable bonds is 14. The zero-order valence-electron chi connectivity index (χ0n) is 19.9. The molecule has 2 rings (SSSR count). The monoisotopic (exact) mass is 511 g/mol. The second-order valence-corrected chi connectivity index (χ2v) is 8.80. The molecule has 0 aromatic carbocycles. The Morgan fingerprint density at radius 2 is 1.40 bits per heavy atom. The lowest BCUT2D eigenvalue weighted by Crippen LogP contribution is -2.67. The van der Waals surface area contributed by atoms with Crippen molar-refractivity contribution >= 4 is 5.97 Å². The third-order valence-corrected chi connectivity index (χ3v) is 6.25. The lowest BCUT2D eigenvalue weighted by molar-refractivity contribution is -0.538. The number of esters is 1. The minimum Gasteiger partial charge on any atom is -0.829 e. The van der Waals surface area contributed by atoms with Crippen LogP contribution in [-0.2, 0) is 28.5 Å². The van der Waals surface area contributed by atoms with E-state index in [2.05, 4.69) is 4.74 Å². The lowest BCUT2D eigenvalue weighted by Gasteiger charge is -2.49. The number of unbranched alkanes of at least 4 members (excludes halogenated alkanes) is 5. The maximum absolute atomic E-state index is 12.6. The van der Waals surface area contributed by atoms with E-state index < -0.39 is 74.6 Å². The average molecular weight is 512 g/mol. The number of carbonyl (C=O) groups excluding carboxylic acids is 1. The van der Waals surface area contributed by atoms with Crippen LogP contribution in [0.4, 0.5) is 0 Å². The van der Waals surface area contributed by atoms with Crippen LogP contribution < -0.4 is 5.11 Å². The third kappa shape index (κ3) is 8.54. The lowest BCUT2D eigenvalue weighted by atomic mass is 9.97. The van der Waals surface area contributed by atoms with Gasteiger partial charge in [0, 0.05) is 19.3 Å². The Balaban J connectivity index is 1.88. The average Bonchev–Trinajstić information content (AvgIpc) is 2.85. The van der Waals surface area contributed by atoms with E-state index in [0.717, 1.165) is 32.1 Å². The number of aliphatic hydroxyl groups excluding tert-OH is 6. The van der Waals surface area contributed by atoms with Gasteiger partial charge in [0.1, 0.15) is 42.7 Å². The highest BCUT2D eigenvalue weighted by Gasteiger charge is 2.49. The van der Waals surface area contributed by atoms with Gasteiger partial charge in [-0.2, -0.15) is 0 Å². The molecule has 0 bridgehead atoms. The van der Waals surface area contributed by atoms with Gasteiger partial charge in [-0.05, 0) is 12.8 Å². The molecule has 2 unspecified atom stereocenters. The number of hydrogen-bond donors (Lipinski definition) is 6. The van der Waals surface area contributed by atoms with Gasteiger partial charge in [0.25, 0.3) is 0 Å².